The maximum atomic E-state index is 12.7. The molecule has 160 valence electrons. The van der Waals surface area contributed by atoms with Crippen LogP contribution in [0.2, 0.25) is 5.02 Å². The number of aromatic nitrogens is 6. The van der Waals surface area contributed by atoms with E-state index < -0.39 is 6.03 Å². The van der Waals surface area contributed by atoms with E-state index in [1.807, 2.05) is 11.9 Å². The van der Waals surface area contributed by atoms with Crippen molar-refractivity contribution >= 4 is 56.4 Å². The Bertz CT molecular complexity index is 1200. The third-order valence-electron chi connectivity index (χ3n) is 4.29. The zero-order chi connectivity index (χ0) is 21.8. The number of hydrogen-bond donors (Lipinski definition) is 2. The fraction of sp³-hybridized carbons (Fsp3) is 0.222. The number of likely N-dealkylation sites (N-methyl/N-ethyl adjacent to an activating group) is 1. The monoisotopic (exact) mass is 459 g/mol. The second-order valence-corrected chi connectivity index (χ2v) is 7.61. The minimum Gasteiger partial charge on any atom is -0.383 e. The van der Waals surface area contributed by atoms with Crippen molar-refractivity contribution in [2.75, 3.05) is 42.8 Å². The van der Waals surface area contributed by atoms with Gasteiger partial charge in [0.1, 0.15) is 10.3 Å². The molecule has 0 atom stereocenters. The van der Waals surface area contributed by atoms with Gasteiger partial charge in [0, 0.05) is 20.7 Å². The van der Waals surface area contributed by atoms with Crippen molar-refractivity contribution < 1.29 is 9.53 Å². The number of anilines is 3. The molecule has 0 saturated carbocycles. The van der Waals surface area contributed by atoms with Crippen molar-refractivity contribution in [2.24, 2.45) is 0 Å². The van der Waals surface area contributed by atoms with Crippen LogP contribution >= 0.6 is 22.9 Å². The van der Waals surface area contributed by atoms with Crippen LogP contribution < -0.4 is 15.5 Å². The Morgan fingerprint density at radius 1 is 1.23 bits per heavy atom. The van der Waals surface area contributed by atoms with E-state index in [2.05, 4.69) is 35.8 Å². The Morgan fingerprint density at radius 3 is 2.77 bits per heavy atom. The average Bonchev–Trinajstić information content (AvgIpc) is 3.44. The van der Waals surface area contributed by atoms with Gasteiger partial charge in [-0.25, -0.2) is 19.7 Å². The number of nitrogens with zero attached hydrogens (tertiary/aromatic N) is 7. The van der Waals surface area contributed by atoms with Gasteiger partial charge in [-0.3, -0.25) is 0 Å². The molecule has 0 aromatic carbocycles. The Labute approximate surface area is 186 Å². The molecule has 13 heteroatoms. The van der Waals surface area contributed by atoms with Crippen molar-refractivity contribution in [1.29, 1.82) is 0 Å². The number of rotatable bonds is 7. The fourth-order valence-electron chi connectivity index (χ4n) is 2.88. The Balaban J connectivity index is 1.54. The molecule has 0 unspecified atom stereocenters. The molecule has 0 bridgehead atoms. The highest BCUT2D eigenvalue weighted by molar-refractivity contribution is 7.16. The SMILES string of the molecule is COCCN(C)c1c(NC(=O)Nc2cnc(-n3nccn3)c(Cl)c2)cnc2scnc12. The van der Waals surface area contributed by atoms with Crippen LogP contribution in [-0.2, 0) is 4.74 Å². The molecular formula is C18H18ClN9O2S. The molecule has 4 rings (SSSR count). The van der Waals surface area contributed by atoms with E-state index in [0.717, 1.165) is 10.5 Å². The van der Waals surface area contributed by atoms with Crippen molar-refractivity contribution in [3.8, 4) is 5.82 Å². The standard InChI is InChI=1S/C18H18ClN9O2S/c1-27(5-6-30-2)15-13(9-21-17-14(15)22-10-31-17)26-18(29)25-11-7-12(19)16(20-8-11)28-23-3-4-24-28/h3-4,7-10H,5-6H2,1-2H3,(H2,25,26,29). The molecule has 4 aromatic rings. The van der Waals surface area contributed by atoms with E-state index in [1.54, 1.807) is 24.9 Å². The van der Waals surface area contributed by atoms with Gasteiger partial charge in [-0.15, -0.1) is 16.1 Å². The number of fused-ring (bicyclic) bond motifs is 1. The lowest BCUT2D eigenvalue weighted by Gasteiger charge is -2.22. The van der Waals surface area contributed by atoms with E-state index in [1.165, 1.54) is 34.7 Å². The highest BCUT2D eigenvalue weighted by atomic mass is 35.5. The van der Waals surface area contributed by atoms with E-state index >= 15 is 0 Å². The number of methoxy groups -OCH3 is 1. The van der Waals surface area contributed by atoms with Crippen molar-refractivity contribution in [2.45, 2.75) is 0 Å². The summed E-state index contributed by atoms with van der Waals surface area (Å²) in [6, 6.07) is 1.10. The van der Waals surface area contributed by atoms with E-state index in [9.17, 15) is 4.79 Å². The fourth-order valence-corrected chi connectivity index (χ4v) is 3.75. The number of pyridine rings is 2. The van der Waals surface area contributed by atoms with Crippen molar-refractivity contribution in [1.82, 2.24) is 29.9 Å². The third kappa shape index (κ3) is 4.55. The van der Waals surface area contributed by atoms with Crippen LogP contribution in [0.1, 0.15) is 0 Å². The molecular weight excluding hydrogens is 442 g/mol. The lowest BCUT2D eigenvalue weighted by molar-refractivity contribution is 0.206. The number of carbonyl (C=O) groups is 1. The summed E-state index contributed by atoms with van der Waals surface area (Å²) in [6.45, 7) is 1.14. The molecule has 31 heavy (non-hydrogen) atoms. The molecule has 2 amide bonds. The maximum absolute atomic E-state index is 12.7. The summed E-state index contributed by atoms with van der Waals surface area (Å²) in [5.74, 6) is 0.359. The van der Waals surface area contributed by atoms with Crippen LogP contribution in [0.5, 0.6) is 0 Å². The summed E-state index contributed by atoms with van der Waals surface area (Å²) in [6.07, 6.45) is 6.12. The number of urea groups is 1. The molecule has 0 spiro atoms. The summed E-state index contributed by atoms with van der Waals surface area (Å²) >= 11 is 7.69. The summed E-state index contributed by atoms with van der Waals surface area (Å²) in [4.78, 5) is 29.7. The molecule has 4 aromatic heterocycles. The van der Waals surface area contributed by atoms with Crippen LogP contribution in [0.4, 0.5) is 21.9 Å². The number of carbonyl (C=O) groups excluding carboxylic acids is 1. The summed E-state index contributed by atoms with van der Waals surface area (Å²) in [7, 11) is 3.54. The number of ether oxygens (including phenoxy) is 1. The predicted molar refractivity (Wildman–Crippen MR) is 119 cm³/mol. The second kappa shape index (κ2) is 9.20. The zero-order valence-corrected chi connectivity index (χ0v) is 18.2. The van der Waals surface area contributed by atoms with Crippen LogP contribution in [0.25, 0.3) is 16.2 Å². The van der Waals surface area contributed by atoms with Gasteiger partial charge in [-0.1, -0.05) is 11.6 Å². The number of hydrogen-bond acceptors (Lipinski definition) is 9. The minimum atomic E-state index is -0.472. The number of amides is 2. The van der Waals surface area contributed by atoms with Gasteiger partial charge in [0.25, 0.3) is 0 Å². The van der Waals surface area contributed by atoms with Gasteiger partial charge in [0.2, 0.25) is 0 Å². The quantitative estimate of drug-likeness (QED) is 0.432. The van der Waals surface area contributed by atoms with Crippen LogP contribution in [0, 0.1) is 0 Å². The molecule has 0 radical (unpaired) electrons. The number of thiazole rings is 1. The highest BCUT2D eigenvalue weighted by Crippen LogP contribution is 2.33. The van der Waals surface area contributed by atoms with Crippen molar-refractivity contribution in [3.05, 3.63) is 41.4 Å². The first-order valence-electron chi connectivity index (χ1n) is 9.09. The van der Waals surface area contributed by atoms with E-state index in [-0.39, 0.29) is 0 Å². The van der Waals surface area contributed by atoms with Gasteiger partial charge in [-0.2, -0.15) is 10.2 Å². The van der Waals surface area contributed by atoms with Crippen LogP contribution in [0.15, 0.2) is 36.4 Å². The molecule has 4 heterocycles. The normalized spacial score (nSPS) is 10.9. The summed E-state index contributed by atoms with van der Waals surface area (Å²) in [5, 5.41) is 13.8. The van der Waals surface area contributed by atoms with Gasteiger partial charge in [0.15, 0.2) is 5.82 Å². The Kier molecular flexibility index (Phi) is 6.21. The van der Waals surface area contributed by atoms with Crippen LogP contribution in [-0.4, -0.2) is 63.3 Å². The highest BCUT2D eigenvalue weighted by Gasteiger charge is 2.18. The maximum Gasteiger partial charge on any atom is 0.323 e. The smallest absolute Gasteiger partial charge is 0.323 e. The molecule has 0 aliphatic heterocycles. The Hall–Kier alpha value is -3.35. The largest absolute Gasteiger partial charge is 0.383 e. The minimum absolute atomic E-state index is 0.291. The number of nitrogens with one attached hydrogen (secondary N) is 2. The second-order valence-electron chi connectivity index (χ2n) is 6.37. The number of halogens is 1. The lowest BCUT2D eigenvalue weighted by Crippen LogP contribution is -2.26. The first kappa shape index (κ1) is 20.9. The third-order valence-corrected chi connectivity index (χ3v) is 5.30. The van der Waals surface area contributed by atoms with Crippen molar-refractivity contribution in [3.63, 3.8) is 0 Å². The Morgan fingerprint density at radius 2 is 2.03 bits per heavy atom. The summed E-state index contributed by atoms with van der Waals surface area (Å²) in [5.41, 5.74) is 4.12. The van der Waals surface area contributed by atoms with E-state index in [4.69, 9.17) is 16.3 Å². The first-order valence-corrected chi connectivity index (χ1v) is 10.3. The molecule has 0 aliphatic rings. The molecule has 0 aliphatic carbocycles. The van der Waals surface area contributed by atoms with E-state index in [0.29, 0.717) is 40.9 Å². The average molecular weight is 460 g/mol. The topological polar surface area (TPSA) is 123 Å². The van der Waals surface area contributed by atoms with Gasteiger partial charge in [-0.05, 0) is 6.07 Å². The van der Waals surface area contributed by atoms with Gasteiger partial charge in [0.05, 0.1) is 59.0 Å². The van der Waals surface area contributed by atoms with Gasteiger partial charge < -0.3 is 20.3 Å². The lowest BCUT2D eigenvalue weighted by atomic mass is 10.3. The van der Waals surface area contributed by atoms with Crippen LogP contribution in [0.3, 0.4) is 0 Å². The molecule has 11 nitrogen and oxygen atoms in total. The first-order chi connectivity index (χ1) is 15.1. The zero-order valence-electron chi connectivity index (χ0n) is 16.6. The molecule has 2 N–H and O–H groups in total. The van der Waals surface area contributed by atoms with Gasteiger partial charge >= 0.3 is 6.03 Å². The predicted octanol–water partition coefficient (Wildman–Crippen LogP) is 3.05. The molecule has 0 fully saturated rings. The summed E-state index contributed by atoms with van der Waals surface area (Å²) < 4.78 is 5.17. The molecule has 0 saturated heterocycles.